The SMILES string of the molecule is C[C@H](Oc1cc(C(N)=CC=N[C@H]2CCCOC2)nc(C(N)=C2CCC[C@@]3(CCCCC3=O)C2=O)n1)[C@@H]1CCCN1C. The van der Waals surface area contributed by atoms with Gasteiger partial charge in [0.2, 0.25) is 5.88 Å². The highest BCUT2D eigenvalue weighted by atomic mass is 16.5. The molecule has 10 heteroatoms. The van der Waals surface area contributed by atoms with E-state index >= 15 is 0 Å². The normalized spacial score (nSPS) is 30.2. The summed E-state index contributed by atoms with van der Waals surface area (Å²) in [6.45, 7) is 4.45. The van der Waals surface area contributed by atoms with E-state index in [1.165, 1.54) is 0 Å². The molecule has 3 heterocycles. The number of carbonyl (C=O) groups is 2. The zero-order valence-electron chi connectivity index (χ0n) is 24.4. The lowest BCUT2D eigenvalue weighted by atomic mass is 9.62. The number of rotatable bonds is 7. The molecule has 41 heavy (non-hydrogen) atoms. The van der Waals surface area contributed by atoms with Gasteiger partial charge in [-0.3, -0.25) is 19.5 Å². The summed E-state index contributed by atoms with van der Waals surface area (Å²) in [7, 11) is 2.10. The van der Waals surface area contributed by atoms with E-state index in [0.717, 1.165) is 58.1 Å². The van der Waals surface area contributed by atoms with Gasteiger partial charge in [0.25, 0.3) is 0 Å². The van der Waals surface area contributed by atoms with Crippen LogP contribution < -0.4 is 16.2 Å². The zero-order valence-corrected chi connectivity index (χ0v) is 24.4. The van der Waals surface area contributed by atoms with Crippen LogP contribution in [0.2, 0.25) is 0 Å². The Kier molecular flexibility index (Phi) is 9.19. The van der Waals surface area contributed by atoms with E-state index in [-0.39, 0.29) is 41.3 Å². The summed E-state index contributed by atoms with van der Waals surface area (Å²) in [6, 6.07) is 2.09. The maximum Gasteiger partial charge on any atom is 0.217 e. The molecule has 1 aromatic heterocycles. The quantitative estimate of drug-likeness (QED) is 0.289. The van der Waals surface area contributed by atoms with E-state index < -0.39 is 5.41 Å². The molecule has 222 valence electrons. The fraction of sp³-hybridized carbons (Fsp3) is 0.645. The third-order valence-corrected chi connectivity index (χ3v) is 9.21. The van der Waals surface area contributed by atoms with Crippen LogP contribution in [-0.4, -0.2) is 77.6 Å². The molecule has 4 aliphatic rings. The average molecular weight is 565 g/mol. The predicted octanol–water partition coefficient (Wildman–Crippen LogP) is 3.44. The van der Waals surface area contributed by atoms with Crippen LogP contribution in [0, 0.1) is 5.41 Å². The van der Waals surface area contributed by atoms with Gasteiger partial charge in [-0.1, -0.05) is 6.42 Å². The van der Waals surface area contributed by atoms with Gasteiger partial charge >= 0.3 is 0 Å². The number of ketones is 2. The van der Waals surface area contributed by atoms with Crippen LogP contribution in [0.15, 0.2) is 22.7 Å². The summed E-state index contributed by atoms with van der Waals surface area (Å²) in [5.41, 5.74) is 13.7. The number of hydrogen-bond acceptors (Lipinski definition) is 10. The summed E-state index contributed by atoms with van der Waals surface area (Å²) in [4.78, 5) is 43.0. The largest absolute Gasteiger partial charge is 0.473 e. The van der Waals surface area contributed by atoms with E-state index in [1.54, 1.807) is 18.4 Å². The highest BCUT2D eigenvalue weighted by Crippen LogP contribution is 2.45. The van der Waals surface area contributed by atoms with Crippen molar-refractivity contribution in [2.45, 2.75) is 95.7 Å². The standard InChI is InChI=1S/C31H44N6O4/c1-20(25-10-6-16-37(25)2)41-27-18-24(23(32)12-15-34-21-8-7-17-40-19-21)35-30(36-27)28(33)22-9-5-14-31(29(22)39)13-4-3-11-26(31)38/h12,15,18,20-21,25H,3-11,13-14,16-17,19,32-33H2,1-2H3/t20-,21-,25-,31+/m0/s1. The highest BCUT2D eigenvalue weighted by Gasteiger charge is 2.49. The predicted molar refractivity (Wildman–Crippen MR) is 158 cm³/mol. The smallest absolute Gasteiger partial charge is 0.217 e. The van der Waals surface area contributed by atoms with Crippen molar-refractivity contribution in [1.29, 1.82) is 0 Å². The van der Waals surface area contributed by atoms with Crippen LogP contribution in [0.1, 0.15) is 89.1 Å². The number of Topliss-reactive ketones (excluding diaryl/α,β-unsaturated/α-hetero) is 2. The Bertz CT molecular complexity index is 1230. The van der Waals surface area contributed by atoms with Gasteiger partial charge < -0.3 is 20.9 Å². The van der Waals surface area contributed by atoms with Crippen molar-refractivity contribution in [2.24, 2.45) is 21.9 Å². The first-order valence-electron chi connectivity index (χ1n) is 15.2. The van der Waals surface area contributed by atoms with E-state index in [2.05, 4.69) is 26.9 Å². The molecule has 0 bridgehead atoms. The minimum atomic E-state index is -0.951. The van der Waals surface area contributed by atoms with Crippen molar-refractivity contribution < 1.29 is 19.1 Å². The Balaban J connectivity index is 1.48. The molecule has 2 aliphatic heterocycles. The molecular weight excluding hydrogens is 520 g/mol. The Morgan fingerprint density at radius 2 is 1.98 bits per heavy atom. The minimum absolute atomic E-state index is 0.0433. The molecule has 1 aromatic rings. The lowest BCUT2D eigenvalue weighted by Gasteiger charge is -2.38. The van der Waals surface area contributed by atoms with E-state index in [0.29, 0.717) is 55.1 Å². The number of ether oxygens (including phenoxy) is 2. The molecule has 4 N–H and O–H groups in total. The summed E-state index contributed by atoms with van der Waals surface area (Å²) < 4.78 is 11.9. The van der Waals surface area contributed by atoms with Gasteiger partial charge in [-0.05, 0) is 84.4 Å². The first kappa shape index (κ1) is 29.4. The number of carbonyl (C=O) groups excluding carboxylic acids is 2. The average Bonchev–Trinajstić information content (AvgIpc) is 3.42. The highest BCUT2D eigenvalue weighted by molar-refractivity contribution is 6.17. The molecule has 0 aromatic carbocycles. The fourth-order valence-electron chi connectivity index (χ4n) is 6.79. The Labute approximate surface area is 242 Å². The first-order chi connectivity index (χ1) is 19.8. The molecule has 10 nitrogen and oxygen atoms in total. The van der Waals surface area contributed by atoms with Crippen molar-refractivity contribution in [2.75, 3.05) is 26.8 Å². The summed E-state index contributed by atoms with van der Waals surface area (Å²) in [5.74, 6) is 0.430. The molecule has 4 atom stereocenters. The van der Waals surface area contributed by atoms with Gasteiger partial charge in [-0.15, -0.1) is 0 Å². The van der Waals surface area contributed by atoms with Crippen LogP contribution in [0.25, 0.3) is 11.4 Å². The Morgan fingerprint density at radius 1 is 1.15 bits per heavy atom. The summed E-state index contributed by atoms with van der Waals surface area (Å²) in [6.07, 6.45) is 12.0. The summed E-state index contributed by atoms with van der Waals surface area (Å²) in [5, 5.41) is 0. The van der Waals surface area contributed by atoms with Crippen LogP contribution in [0.3, 0.4) is 0 Å². The number of aromatic nitrogens is 2. The van der Waals surface area contributed by atoms with Crippen molar-refractivity contribution in [1.82, 2.24) is 14.9 Å². The second kappa shape index (κ2) is 12.8. The second-order valence-electron chi connectivity index (χ2n) is 12.0. The van der Waals surface area contributed by atoms with Crippen molar-refractivity contribution in [3.8, 4) is 5.88 Å². The van der Waals surface area contributed by atoms with Crippen LogP contribution in [0.5, 0.6) is 5.88 Å². The maximum atomic E-state index is 13.8. The number of allylic oxidation sites excluding steroid dienone is 2. The van der Waals surface area contributed by atoms with E-state index in [9.17, 15) is 9.59 Å². The number of likely N-dealkylation sites (tertiary alicyclic amines) is 1. The molecule has 4 fully saturated rings. The van der Waals surface area contributed by atoms with Crippen LogP contribution in [0.4, 0.5) is 0 Å². The van der Waals surface area contributed by atoms with Gasteiger partial charge in [0, 0.05) is 36.9 Å². The molecular formula is C31H44N6O4. The molecule has 0 unspecified atom stereocenters. The molecule has 1 spiro atoms. The van der Waals surface area contributed by atoms with Crippen molar-refractivity contribution in [3.05, 3.63) is 29.2 Å². The number of hydrogen-bond donors (Lipinski definition) is 2. The molecule has 2 aliphatic carbocycles. The molecule has 0 radical (unpaired) electrons. The van der Waals surface area contributed by atoms with Gasteiger partial charge in [-0.25, -0.2) is 4.98 Å². The third-order valence-electron chi connectivity index (χ3n) is 9.21. The topological polar surface area (TPSA) is 146 Å². The van der Waals surface area contributed by atoms with Gasteiger partial charge in [0.05, 0.1) is 35.2 Å². The van der Waals surface area contributed by atoms with E-state index in [1.807, 2.05) is 6.92 Å². The number of nitrogens with two attached hydrogens (primary N) is 2. The van der Waals surface area contributed by atoms with Gasteiger partial charge in [-0.2, -0.15) is 4.98 Å². The summed E-state index contributed by atoms with van der Waals surface area (Å²) >= 11 is 0. The molecule has 2 saturated heterocycles. The third kappa shape index (κ3) is 6.38. The number of nitrogens with zero attached hydrogens (tertiary/aromatic N) is 4. The second-order valence-corrected chi connectivity index (χ2v) is 12.0. The van der Waals surface area contributed by atoms with Crippen molar-refractivity contribution >= 4 is 29.2 Å². The minimum Gasteiger partial charge on any atom is -0.473 e. The van der Waals surface area contributed by atoms with Crippen LogP contribution in [-0.2, 0) is 14.3 Å². The lowest BCUT2D eigenvalue weighted by Crippen LogP contribution is -2.45. The fourth-order valence-corrected chi connectivity index (χ4v) is 6.79. The monoisotopic (exact) mass is 564 g/mol. The van der Waals surface area contributed by atoms with E-state index in [4.69, 9.17) is 20.9 Å². The van der Waals surface area contributed by atoms with Gasteiger partial charge in [0.15, 0.2) is 11.6 Å². The van der Waals surface area contributed by atoms with Crippen LogP contribution >= 0.6 is 0 Å². The zero-order chi connectivity index (χ0) is 29.0. The Morgan fingerprint density at radius 3 is 2.71 bits per heavy atom. The lowest BCUT2D eigenvalue weighted by molar-refractivity contribution is -0.143. The van der Waals surface area contributed by atoms with Crippen molar-refractivity contribution in [3.63, 3.8) is 0 Å². The molecule has 5 rings (SSSR count). The Hall–Kier alpha value is -3.11. The van der Waals surface area contributed by atoms with Gasteiger partial charge in [0.1, 0.15) is 11.9 Å². The first-order valence-corrected chi connectivity index (χ1v) is 15.2. The number of likely N-dealkylation sites (N-methyl/N-ethyl adjacent to an activating group) is 1. The molecule has 0 amide bonds. The molecule has 2 saturated carbocycles. The number of aliphatic imine (C=N–C) groups is 1. The maximum absolute atomic E-state index is 13.8.